The van der Waals surface area contributed by atoms with Crippen molar-refractivity contribution < 1.29 is 19.8 Å². The molecule has 1 rings (SSSR count). The summed E-state index contributed by atoms with van der Waals surface area (Å²) in [6.07, 6.45) is 2.04. The van der Waals surface area contributed by atoms with Crippen molar-refractivity contribution in [2.45, 2.75) is 18.9 Å². The van der Waals surface area contributed by atoms with E-state index < -0.39 is 0 Å². The summed E-state index contributed by atoms with van der Waals surface area (Å²) in [6, 6.07) is 0.288. The number of likely N-dealkylation sites (N-methyl/N-ethyl adjacent to an activating group) is 1. The van der Waals surface area contributed by atoms with Crippen molar-refractivity contribution in [3.63, 3.8) is 0 Å². The topological polar surface area (TPSA) is 93.1 Å². The van der Waals surface area contributed by atoms with Gasteiger partial charge in [-0.3, -0.25) is 14.5 Å². The molecule has 0 aromatic heterocycles. The van der Waals surface area contributed by atoms with Gasteiger partial charge in [0.1, 0.15) is 0 Å². The molecule has 0 radical (unpaired) electrons. The number of nitrogens with one attached hydrogen (secondary N) is 1. The lowest BCUT2D eigenvalue weighted by Crippen LogP contribution is -2.44. The Bertz CT molecular complexity index is 301. The lowest BCUT2D eigenvalue weighted by Gasteiger charge is -2.23. The summed E-state index contributed by atoms with van der Waals surface area (Å²) in [6.45, 7) is 0.650. The second-order valence-electron chi connectivity index (χ2n) is 4.81. The van der Waals surface area contributed by atoms with Crippen molar-refractivity contribution in [1.82, 2.24) is 15.1 Å². The van der Waals surface area contributed by atoms with Gasteiger partial charge in [0, 0.05) is 26.2 Å². The van der Waals surface area contributed by atoms with Gasteiger partial charge in [-0.25, -0.2) is 0 Å². The number of aliphatic hydroxyl groups is 2. The summed E-state index contributed by atoms with van der Waals surface area (Å²) >= 11 is 0. The molecule has 1 aliphatic carbocycles. The molecule has 3 N–H and O–H groups in total. The first kappa shape index (κ1) is 15.9. The number of amides is 2. The third kappa shape index (κ3) is 6.51. The predicted octanol–water partition coefficient (Wildman–Crippen LogP) is -1.99. The molecule has 1 fully saturated rings. The third-order valence-electron chi connectivity index (χ3n) is 2.94. The number of hydrogen-bond donors (Lipinski definition) is 3. The molecule has 19 heavy (non-hydrogen) atoms. The van der Waals surface area contributed by atoms with Crippen LogP contribution in [0.4, 0.5) is 0 Å². The first-order valence-corrected chi connectivity index (χ1v) is 6.54. The molecule has 0 heterocycles. The Labute approximate surface area is 113 Å². The van der Waals surface area contributed by atoms with E-state index >= 15 is 0 Å². The second-order valence-corrected chi connectivity index (χ2v) is 4.81. The van der Waals surface area contributed by atoms with Gasteiger partial charge in [0.25, 0.3) is 0 Å². The smallest absolute Gasteiger partial charge is 0.239 e. The van der Waals surface area contributed by atoms with Crippen LogP contribution in [0, 0.1) is 0 Å². The zero-order valence-electron chi connectivity index (χ0n) is 11.3. The minimum absolute atomic E-state index is 0.0431. The SMILES string of the molecule is CN(CC(=O)NC1CC1)C(=O)CN(CCO)CCO. The van der Waals surface area contributed by atoms with Gasteiger partial charge in [0.05, 0.1) is 26.3 Å². The molecule has 0 aromatic carbocycles. The average Bonchev–Trinajstić information content (AvgIpc) is 3.13. The molecule has 7 nitrogen and oxygen atoms in total. The van der Waals surface area contributed by atoms with Crippen molar-refractivity contribution in [2.75, 3.05) is 46.4 Å². The van der Waals surface area contributed by atoms with E-state index in [1.165, 1.54) is 4.90 Å². The maximum absolute atomic E-state index is 11.9. The van der Waals surface area contributed by atoms with Gasteiger partial charge in [-0.2, -0.15) is 0 Å². The molecule has 0 spiro atoms. The van der Waals surface area contributed by atoms with Crippen molar-refractivity contribution in [1.29, 1.82) is 0 Å². The summed E-state index contributed by atoms with van der Waals surface area (Å²) < 4.78 is 0. The zero-order valence-corrected chi connectivity index (χ0v) is 11.3. The molecule has 1 saturated carbocycles. The van der Waals surface area contributed by atoms with E-state index in [0.29, 0.717) is 13.1 Å². The maximum Gasteiger partial charge on any atom is 0.239 e. The normalized spacial score (nSPS) is 14.5. The fourth-order valence-electron chi connectivity index (χ4n) is 1.67. The van der Waals surface area contributed by atoms with Gasteiger partial charge < -0.3 is 20.4 Å². The van der Waals surface area contributed by atoms with E-state index in [1.54, 1.807) is 11.9 Å². The molecule has 110 valence electrons. The lowest BCUT2D eigenvalue weighted by atomic mass is 10.4. The minimum Gasteiger partial charge on any atom is -0.395 e. The lowest BCUT2D eigenvalue weighted by molar-refractivity contribution is -0.135. The van der Waals surface area contributed by atoms with Crippen LogP contribution in [0.3, 0.4) is 0 Å². The Morgan fingerprint density at radius 2 is 1.74 bits per heavy atom. The van der Waals surface area contributed by atoms with Gasteiger partial charge in [-0.05, 0) is 12.8 Å². The highest BCUT2D eigenvalue weighted by Crippen LogP contribution is 2.18. The Morgan fingerprint density at radius 1 is 1.16 bits per heavy atom. The maximum atomic E-state index is 11.9. The highest BCUT2D eigenvalue weighted by molar-refractivity contribution is 5.85. The number of carbonyl (C=O) groups is 2. The van der Waals surface area contributed by atoms with Crippen molar-refractivity contribution in [3.05, 3.63) is 0 Å². The summed E-state index contributed by atoms with van der Waals surface area (Å²) in [5.74, 6) is -0.345. The monoisotopic (exact) mass is 273 g/mol. The number of aliphatic hydroxyl groups excluding tert-OH is 2. The van der Waals surface area contributed by atoms with Gasteiger partial charge in [-0.15, -0.1) is 0 Å². The Kier molecular flexibility index (Phi) is 6.75. The number of rotatable bonds is 9. The van der Waals surface area contributed by atoms with Crippen LogP contribution < -0.4 is 5.32 Å². The molecular weight excluding hydrogens is 250 g/mol. The van der Waals surface area contributed by atoms with Crippen LogP contribution in [0.2, 0.25) is 0 Å². The van der Waals surface area contributed by atoms with Crippen LogP contribution in [0.25, 0.3) is 0 Å². The van der Waals surface area contributed by atoms with E-state index in [4.69, 9.17) is 10.2 Å². The van der Waals surface area contributed by atoms with Crippen LogP contribution >= 0.6 is 0 Å². The Balaban J connectivity index is 2.30. The summed E-state index contributed by atoms with van der Waals surface area (Å²) in [5, 5.41) is 20.5. The highest BCUT2D eigenvalue weighted by atomic mass is 16.3. The van der Waals surface area contributed by atoms with Crippen molar-refractivity contribution >= 4 is 11.8 Å². The molecule has 7 heteroatoms. The predicted molar refractivity (Wildman–Crippen MR) is 69.4 cm³/mol. The summed E-state index contributed by atoms with van der Waals surface area (Å²) in [5.41, 5.74) is 0. The average molecular weight is 273 g/mol. The Morgan fingerprint density at radius 3 is 2.21 bits per heavy atom. The van der Waals surface area contributed by atoms with Gasteiger partial charge in [0.2, 0.25) is 11.8 Å². The van der Waals surface area contributed by atoms with E-state index in [2.05, 4.69) is 5.32 Å². The van der Waals surface area contributed by atoms with Crippen molar-refractivity contribution in [3.8, 4) is 0 Å². The molecule has 0 atom stereocenters. The second kappa shape index (κ2) is 8.08. The first-order chi connectivity index (χ1) is 9.06. The molecule has 0 saturated heterocycles. The van der Waals surface area contributed by atoms with Crippen molar-refractivity contribution in [2.24, 2.45) is 0 Å². The largest absolute Gasteiger partial charge is 0.395 e. The number of nitrogens with zero attached hydrogens (tertiary/aromatic N) is 2. The zero-order chi connectivity index (χ0) is 14.3. The molecule has 0 aromatic rings. The van der Waals surface area contributed by atoms with Crippen LogP contribution in [-0.4, -0.2) is 84.3 Å². The molecule has 0 unspecified atom stereocenters. The molecule has 1 aliphatic rings. The van der Waals surface area contributed by atoms with E-state index in [0.717, 1.165) is 12.8 Å². The van der Waals surface area contributed by atoms with Crippen LogP contribution in [0.15, 0.2) is 0 Å². The first-order valence-electron chi connectivity index (χ1n) is 6.54. The van der Waals surface area contributed by atoms with E-state index in [9.17, 15) is 9.59 Å². The van der Waals surface area contributed by atoms with Crippen LogP contribution in [0.1, 0.15) is 12.8 Å². The minimum atomic E-state index is -0.201. The van der Waals surface area contributed by atoms with Gasteiger partial charge in [0.15, 0.2) is 0 Å². The fraction of sp³-hybridized carbons (Fsp3) is 0.833. The van der Waals surface area contributed by atoms with Crippen LogP contribution in [-0.2, 0) is 9.59 Å². The van der Waals surface area contributed by atoms with E-state index in [1.807, 2.05) is 0 Å². The van der Waals surface area contributed by atoms with Gasteiger partial charge >= 0.3 is 0 Å². The molecule has 0 bridgehead atoms. The van der Waals surface area contributed by atoms with Gasteiger partial charge in [-0.1, -0.05) is 0 Å². The van der Waals surface area contributed by atoms with E-state index in [-0.39, 0.29) is 44.2 Å². The summed E-state index contributed by atoms with van der Waals surface area (Å²) in [7, 11) is 1.57. The Hall–Kier alpha value is -1.18. The number of carbonyl (C=O) groups excluding carboxylic acids is 2. The quantitative estimate of drug-likeness (QED) is 0.452. The molecular formula is C12H23N3O4. The fourth-order valence-corrected chi connectivity index (χ4v) is 1.67. The standard InChI is InChI=1S/C12H23N3O4/c1-14(8-11(18)13-10-2-3-10)12(19)9-15(4-6-16)5-7-17/h10,16-17H,2-9H2,1H3,(H,13,18). The number of hydrogen-bond acceptors (Lipinski definition) is 5. The third-order valence-corrected chi connectivity index (χ3v) is 2.94. The molecule has 2 amide bonds. The summed E-state index contributed by atoms with van der Waals surface area (Å²) in [4.78, 5) is 26.4. The molecule has 0 aliphatic heterocycles. The highest BCUT2D eigenvalue weighted by Gasteiger charge is 2.24. The van der Waals surface area contributed by atoms with Crippen LogP contribution in [0.5, 0.6) is 0 Å².